The molecule has 0 radical (unpaired) electrons. The number of allylic oxidation sites excluding steroid dienone is 1. The molecule has 0 aliphatic heterocycles. The van der Waals surface area contributed by atoms with Gasteiger partial charge in [-0.15, -0.1) is 6.58 Å². The summed E-state index contributed by atoms with van der Waals surface area (Å²) >= 11 is 5.95. The smallest absolute Gasteiger partial charge is 0.266 e. The number of hydrogen-bond acceptors (Lipinski definition) is 4. The van der Waals surface area contributed by atoms with E-state index in [9.17, 15) is 10.1 Å². The van der Waals surface area contributed by atoms with Crippen LogP contribution in [-0.2, 0) is 11.2 Å². The minimum Gasteiger partial charge on any atom is -0.490 e. The van der Waals surface area contributed by atoms with Crippen molar-refractivity contribution in [3.63, 3.8) is 0 Å². The van der Waals surface area contributed by atoms with Crippen molar-refractivity contribution in [2.24, 2.45) is 0 Å². The van der Waals surface area contributed by atoms with E-state index in [1.165, 1.54) is 6.08 Å². The van der Waals surface area contributed by atoms with Crippen molar-refractivity contribution >= 4 is 29.3 Å². The van der Waals surface area contributed by atoms with Crippen LogP contribution >= 0.6 is 11.6 Å². The summed E-state index contributed by atoms with van der Waals surface area (Å²) in [6.07, 6.45) is 4.73. The average Bonchev–Trinajstić information content (AvgIpc) is 2.72. The van der Waals surface area contributed by atoms with Gasteiger partial charge in [0.15, 0.2) is 11.5 Å². The van der Waals surface area contributed by atoms with E-state index in [-0.39, 0.29) is 5.57 Å². The van der Waals surface area contributed by atoms with Crippen LogP contribution in [0.2, 0.25) is 5.02 Å². The molecule has 2 rings (SSSR count). The highest BCUT2D eigenvalue weighted by atomic mass is 35.5. The number of carbonyl (C=O) groups excluding carboxylic acids is 1. The van der Waals surface area contributed by atoms with E-state index < -0.39 is 5.91 Å². The Balaban J connectivity index is 2.41. The molecule has 1 N–H and O–H groups in total. The predicted molar refractivity (Wildman–Crippen MR) is 121 cm³/mol. The Morgan fingerprint density at radius 2 is 2.07 bits per heavy atom. The number of anilines is 1. The summed E-state index contributed by atoms with van der Waals surface area (Å²) in [6, 6.07) is 12.3. The average molecular weight is 425 g/mol. The monoisotopic (exact) mass is 424 g/mol. The zero-order valence-electron chi connectivity index (χ0n) is 17.2. The standard InChI is InChI=1S/C24H25ClN2O3/c1-4-8-18-12-17(14-22(29-6-3)23(18)30-11-5-2)13-19(16-26)24(28)27-21-10-7-9-20(25)15-21/h4,7,9-10,12-15H,1,5-6,8,11H2,2-3H3,(H,27,28)/b19-13+. The molecule has 0 bridgehead atoms. The Morgan fingerprint density at radius 1 is 1.27 bits per heavy atom. The first-order chi connectivity index (χ1) is 14.5. The molecule has 0 fully saturated rings. The van der Waals surface area contributed by atoms with E-state index in [1.807, 2.05) is 26.0 Å². The molecule has 0 heterocycles. The molecule has 6 heteroatoms. The fourth-order valence-electron chi connectivity index (χ4n) is 2.78. The molecule has 0 saturated carbocycles. The number of hydrogen-bond donors (Lipinski definition) is 1. The summed E-state index contributed by atoms with van der Waals surface area (Å²) in [5, 5.41) is 12.7. The molecule has 0 aliphatic rings. The van der Waals surface area contributed by atoms with E-state index in [0.29, 0.717) is 47.4 Å². The summed E-state index contributed by atoms with van der Waals surface area (Å²) in [4.78, 5) is 12.6. The van der Waals surface area contributed by atoms with Gasteiger partial charge in [-0.25, -0.2) is 0 Å². The second-order valence-electron chi connectivity index (χ2n) is 6.42. The number of carbonyl (C=O) groups is 1. The topological polar surface area (TPSA) is 71.4 Å². The Labute approximate surface area is 182 Å². The molecule has 156 valence electrons. The van der Waals surface area contributed by atoms with Crippen molar-refractivity contribution in [1.29, 1.82) is 5.26 Å². The van der Waals surface area contributed by atoms with Crippen LogP contribution in [0.4, 0.5) is 5.69 Å². The summed E-state index contributed by atoms with van der Waals surface area (Å²) in [5.41, 5.74) is 2.02. The lowest BCUT2D eigenvalue weighted by Gasteiger charge is -2.16. The van der Waals surface area contributed by atoms with Crippen molar-refractivity contribution in [3.05, 3.63) is 70.8 Å². The van der Waals surface area contributed by atoms with Gasteiger partial charge in [-0.1, -0.05) is 30.7 Å². The van der Waals surface area contributed by atoms with Crippen LogP contribution in [0.3, 0.4) is 0 Å². The van der Waals surface area contributed by atoms with Gasteiger partial charge in [0.05, 0.1) is 13.2 Å². The Hall–Kier alpha value is -3.23. The lowest BCUT2D eigenvalue weighted by molar-refractivity contribution is -0.112. The van der Waals surface area contributed by atoms with Gasteiger partial charge < -0.3 is 14.8 Å². The molecule has 0 unspecified atom stereocenters. The molecule has 1 amide bonds. The van der Waals surface area contributed by atoms with Gasteiger partial charge in [0.1, 0.15) is 11.6 Å². The zero-order chi connectivity index (χ0) is 21.9. The summed E-state index contributed by atoms with van der Waals surface area (Å²) in [7, 11) is 0. The molecule has 2 aromatic rings. The number of amides is 1. The number of rotatable bonds is 10. The van der Waals surface area contributed by atoms with Gasteiger partial charge in [-0.3, -0.25) is 4.79 Å². The van der Waals surface area contributed by atoms with Crippen molar-refractivity contribution in [1.82, 2.24) is 0 Å². The van der Waals surface area contributed by atoms with Crippen LogP contribution in [-0.4, -0.2) is 19.1 Å². The van der Waals surface area contributed by atoms with Gasteiger partial charge >= 0.3 is 0 Å². The number of nitrogens with zero attached hydrogens (tertiary/aromatic N) is 1. The molecule has 0 spiro atoms. The molecule has 0 aromatic heterocycles. The molecular weight excluding hydrogens is 400 g/mol. The van der Waals surface area contributed by atoms with E-state index >= 15 is 0 Å². The first-order valence-corrected chi connectivity index (χ1v) is 10.1. The first kappa shape index (κ1) is 23.1. The highest BCUT2D eigenvalue weighted by Gasteiger charge is 2.15. The van der Waals surface area contributed by atoms with E-state index in [2.05, 4.69) is 11.9 Å². The van der Waals surface area contributed by atoms with Gasteiger partial charge in [0.25, 0.3) is 5.91 Å². The van der Waals surface area contributed by atoms with Crippen molar-refractivity contribution in [2.75, 3.05) is 18.5 Å². The minimum absolute atomic E-state index is 0.0378. The third-order valence-electron chi connectivity index (χ3n) is 4.03. The molecular formula is C24H25ClN2O3. The third-order valence-corrected chi connectivity index (χ3v) is 4.26. The number of benzene rings is 2. The van der Waals surface area contributed by atoms with E-state index in [4.69, 9.17) is 21.1 Å². The molecule has 30 heavy (non-hydrogen) atoms. The van der Waals surface area contributed by atoms with Crippen molar-refractivity contribution in [3.8, 4) is 17.6 Å². The SMILES string of the molecule is C=CCc1cc(/C=C(\C#N)C(=O)Nc2cccc(Cl)c2)cc(OCC)c1OCCC. The maximum atomic E-state index is 12.6. The largest absolute Gasteiger partial charge is 0.490 e. The lowest BCUT2D eigenvalue weighted by atomic mass is 10.0. The number of ether oxygens (including phenoxy) is 2. The number of halogens is 1. The highest BCUT2D eigenvalue weighted by molar-refractivity contribution is 6.31. The van der Waals surface area contributed by atoms with Crippen molar-refractivity contribution in [2.45, 2.75) is 26.7 Å². The molecule has 5 nitrogen and oxygen atoms in total. The van der Waals surface area contributed by atoms with Gasteiger partial charge in [-0.05, 0) is 61.7 Å². The maximum absolute atomic E-state index is 12.6. The van der Waals surface area contributed by atoms with Crippen LogP contribution in [0.25, 0.3) is 6.08 Å². The van der Waals surface area contributed by atoms with Gasteiger partial charge in [0, 0.05) is 16.3 Å². The quantitative estimate of drug-likeness (QED) is 0.297. The summed E-state index contributed by atoms with van der Waals surface area (Å²) in [5.74, 6) is 0.719. The van der Waals surface area contributed by atoms with Crippen LogP contribution in [0.15, 0.2) is 54.6 Å². The fourth-order valence-corrected chi connectivity index (χ4v) is 2.97. The molecule has 0 atom stereocenters. The van der Waals surface area contributed by atoms with Gasteiger partial charge in [-0.2, -0.15) is 5.26 Å². The highest BCUT2D eigenvalue weighted by Crippen LogP contribution is 2.35. The Bertz CT molecular complexity index is 977. The van der Waals surface area contributed by atoms with Crippen LogP contribution in [0.1, 0.15) is 31.4 Å². The van der Waals surface area contributed by atoms with Crippen LogP contribution in [0.5, 0.6) is 11.5 Å². The van der Waals surface area contributed by atoms with Crippen LogP contribution in [0, 0.1) is 11.3 Å². The number of nitriles is 1. The Kier molecular flexibility index (Phi) is 8.99. The molecule has 0 saturated heterocycles. The first-order valence-electron chi connectivity index (χ1n) is 9.74. The predicted octanol–water partition coefficient (Wildman–Crippen LogP) is 5.80. The van der Waals surface area contributed by atoms with Crippen molar-refractivity contribution < 1.29 is 14.3 Å². The number of nitrogens with one attached hydrogen (secondary N) is 1. The fraction of sp³-hybridized carbons (Fsp3) is 0.250. The zero-order valence-corrected chi connectivity index (χ0v) is 18.0. The van der Waals surface area contributed by atoms with E-state index in [0.717, 1.165) is 12.0 Å². The second-order valence-corrected chi connectivity index (χ2v) is 6.85. The van der Waals surface area contributed by atoms with E-state index in [1.54, 1.807) is 36.4 Å². The maximum Gasteiger partial charge on any atom is 0.266 e. The molecule has 0 aliphatic carbocycles. The Morgan fingerprint density at radius 3 is 2.70 bits per heavy atom. The molecule has 2 aromatic carbocycles. The minimum atomic E-state index is -0.519. The normalized spacial score (nSPS) is 10.8. The summed E-state index contributed by atoms with van der Waals surface area (Å²) in [6.45, 7) is 8.74. The van der Waals surface area contributed by atoms with Crippen LogP contribution < -0.4 is 14.8 Å². The van der Waals surface area contributed by atoms with Gasteiger partial charge in [0.2, 0.25) is 0 Å². The third kappa shape index (κ3) is 6.40. The lowest BCUT2D eigenvalue weighted by Crippen LogP contribution is -2.13. The second kappa shape index (κ2) is 11.7. The summed E-state index contributed by atoms with van der Waals surface area (Å²) < 4.78 is 11.7.